The second kappa shape index (κ2) is 5.70. The van der Waals surface area contributed by atoms with Crippen LogP contribution in [0.2, 0.25) is 0 Å². The molecule has 2 unspecified atom stereocenters. The van der Waals surface area contributed by atoms with Gasteiger partial charge in [-0.3, -0.25) is 0 Å². The summed E-state index contributed by atoms with van der Waals surface area (Å²) >= 11 is 0. The summed E-state index contributed by atoms with van der Waals surface area (Å²) in [7, 11) is -0.687. The first-order valence-electron chi connectivity index (χ1n) is 6.97. The molecule has 100 valence electrons. The smallest absolute Gasteiger partial charge is 0.150 e. The van der Waals surface area contributed by atoms with Crippen LogP contribution in [0.3, 0.4) is 0 Å². The summed E-state index contributed by atoms with van der Waals surface area (Å²) < 4.78 is 22.9. The minimum Gasteiger partial charge on any atom is -0.317 e. The summed E-state index contributed by atoms with van der Waals surface area (Å²) in [6.45, 7) is 0. The topological polar surface area (TPSA) is 46.2 Å². The molecule has 0 amide bonds. The SMILES string of the molecule is CNC(CC1CCCC1)CC1CCS(=O)(=O)C1. The maximum Gasteiger partial charge on any atom is 0.150 e. The van der Waals surface area contributed by atoms with Gasteiger partial charge in [-0.15, -0.1) is 0 Å². The Hall–Kier alpha value is -0.0900. The van der Waals surface area contributed by atoms with Crippen LogP contribution in [0.1, 0.15) is 44.9 Å². The Morgan fingerprint density at radius 1 is 1.12 bits per heavy atom. The fourth-order valence-corrected chi connectivity index (χ4v) is 5.32. The van der Waals surface area contributed by atoms with Crippen molar-refractivity contribution in [3.63, 3.8) is 0 Å². The van der Waals surface area contributed by atoms with Crippen molar-refractivity contribution in [2.45, 2.75) is 51.0 Å². The van der Waals surface area contributed by atoms with E-state index in [0.717, 1.165) is 18.8 Å². The largest absolute Gasteiger partial charge is 0.317 e. The first-order valence-corrected chi connectivity index (χ1v) is 8.79. The van der Waals surface area contributed by atoms with Gasteiger partial charge in [0.1, 0.15) is 0 Å². The normalized spacial score (nSPS) is 30.8. The zero-order chi connectivity index (χ0) is 12.3. The Labute approximate surface area is 105 Å². The Balaban J connectivity index is 1.79. The van der Waals surface area contributed by atoms with E-state index >= 15 is 0 Å². The van der Waals surface area contributed by atoms with Crippen LogP contribution >= 0.6 is 0 Å². The molecule has 0 bridgehead atoms. The van der Waals surface area contributed by atoms with Gasteiger partial charge in [-0.1, -0.05) is 25.7 Å². The van der Waals surface area contributed by atoms with E-state index in [-0.39, 0.29) is 0 Å². The third-order valence-corrected chi connectivity index (χ3v) is 6.28. The fraction of sp³-hybridized carbons (Fsp3) is 1.00. The number of rotatable bonds is 5. The highest BCUT2D eigenvalue weighted by Gasteiger charge is 2.30. The van der Waals surface area contributed by atoms with Crippen molar-refractivity contribution in [1.82, 2.24) is 5.32 Å². The monoisotopic (exact) mass is 259 g/mol. The average molecular weight is 259 g/mol. The van der Waals surface area contributed by atoms with Gasteiger partial charge in [0.2, 0.25) is 0 Å². The first-order chi connectivity index (χ1) is 8.09. The van der Waals surface area contributed by atoms with Gasteiger partial charge in [-0.25, -0.2) is 8.42 Å². The van der Waals surface area contributed by atoms with Crippen LogP contribution < -0.4 is 5.32 Å². The second-order valence-electron chi connectivity index (χ2n) is 5.88. The van der Waals surface area contributed by atoms with E-state index in [1.165, 1.54) is 32.1 Å². The molecule has 3 nitrogen and oxygen atoms in total. The molecular weight excluding hydrogens is 234 g/mol. The van der Waals surface area contributed by atoms with Gasteiger partial charge in [0.25, 0.3) is 0 Å². The van der Waals surface area contributed by atoms with E-state index in [2.05, 4.69) is 5.32 Å². The molecular formula is C13H25NO2S. The van der Waals surface area contributed by atoms with E-state index < -0.39 is 9.84 Å². The van der Waals surface area contributed by atoms with E-state index in [1.807, 2.05) is 7.05 Å². The highest BCUT2D eigenvalue weighted by molar-refractivity contribution is 7.91. The summed E-state index contributed by atoms with van der Waals surface area (Å²) in [5.74, 6) is 2.12. The second-order valence-corrected chi connectivity index (χ2v) is 8.11. The molecule has 4 heteroatoms. The van der Waals surface area contributed by atoms with Crippen LogP contribution in [0, 0.1) is 11.8 Å². The molecule has 1 aliphatic carbocycles. The summed E-state index contributed by atoms with van der Waals surface area (Å²) in [6.07, 6.45) is 8.70. The highest BCUT2D eigenvalue weighted by atomic mass is 32.2. The van der Waals surface area contributed by atoms with Crippen LogP contribution in [0.4, 0.5) is 0 Å². The van der Waals surface area contributed by atoms with E-state index in [1.54, 1.807) is 0 Å². The van der Waals surface area contributed by atoms with Crippen molar-refractivity contribution < 1.29 is 8.42 Å². The molecule has 0 aromatic rings. The quantitative estimate of drug-likeness (QED) is 0.821. The van der Waals surface area contributed by atoms with Crippen LogP contribution in [0.5, 0.6) is 0 Å². The highest BCUT2D eigenvalue weighted by Crippen LogP contribution is 2.31. The third kappa shape index (κ3) is 3.95. The molecule has 2 fully saturated rings. The number of nitrogens with one attached hydrogen (secondary N) is 1. The summed E-state index contributed by atoms with van der Waals surface area (Å²) in [5.41, 5.74) is 0. The third-order valence-electron chi connectivity index (χ3n) is 4.45. The Bertz CT molecular complexity index is 333. The van der Waals surface area contributed by atoms with Crippen molar-refractivity contribution in [1.29, 1.82) is 0 Å². The summed E-state index contributed by atoms with van der Waals surface area (Å²) in [6, 6.07) is 0.524. The molecule has 2 aliphatic rings. The predicted octanol–water partition coefficient (Wildman–Crippen LogP) is 1.98. The number of sulfone groups is 1. The molecule has 1 N–H and O–H groups in total. The Kier molecular flexibility index (Phi) is 4.47. The van der Waals surface area contributed by atoms with Crippen molar-refractivity contribution in [3.05, 3.63) is 0 Å². The van der Waals surface area contributed by atoms with Gasteiger partial charge in [0, 0.05) is 6.04 Å². The summed E-state index contributed by atoms with van der Waals surface area (Å²) in [5, 5.41) is 3.39. The summed E-state index contributed by atoms with van der Waals surface area (Å²) in [4.78, 5) is 0. The first kappa shape index (κ1) is 13.3. The van der Waals surface area contributed by atoms with Gasteiger partial charge in [0.05, 0.1) is 11.5 Å². The number of hydrogen-bond acceptors (Lipinski definition) is 3. The van der Waals surface area contributed by atoms with E-state index in [0.29, 0.717) is 23.5 Å². The molecule has 1 aliphatic heterocycles. The van der Waals surface area contributed by atoms with Crippen molar-refractivity contribution in [3.8, 4) is 0 Å². The lowest BCUT2D eigenvalue weighted by Crippen LogP contribution is -2.30. The average Bonchev–Trinajstić information content (AvgIpc) is 2.87. The number of hydrogen-bond donors (Lipinski definition) is 1. The molecule has 2 rings (SSSR count). The standard InChI is InChI=1S/C13H25NO2S/c1-14-13(8-11-4-2-3-5-11)9-12-6-7-17(15,16)10-12/h11-14H,2-10H2,1H3. The lowest BCUT2D eigenvalue weighted by molar-refractivity contribution is 0.348. The Morgan fingerprint density at radius 3 is 2.29 bits per heavy atom. The van der Waals surface area contributed by atoms with E-state index in [9.17, 15) is 8.42 Å². The molecule has 1 saturated carbocycles. The molecule has 1 heterocycles. The fourth-order valence-electron chi connectivity index (χ4n) is 3.44. The van der Waals surface area contributed by atoms with Crippen molar-refractivity contribution in [2.24, 2.45) is 11.8 Å². The van der Waals surface area contributed by atoms with Gasteiger partial charge in [0.15, 0.2) is 9.84 Å². The minimum absolute atomic E-state index is 0.402. The maximum atomic E-state index is 11.4. The van der Waals surface area contributed by atoms with Gasteiger partial charge in [-0.2, -0.15) is 0 Å². The van der Waals surface area contributed by atoms with Crippen molar-refractivity contribution >= 4 is 9.84 Å². The molecule has 17 heavy (non-hydrogen) atoms. The van der Waals surface area contributed by atoms with Crippen LogP contribution in [-0.4, -0.2) is 33.0 Å². The molecule has 0 aromatic heterocycles. The zero-order valence-electron chi connectivity index (χ0n) is 10.8. The molecule has 0 spiro atoms. The zero-order valence-corrected chi connectivity index (χ0v) is 11.6. The van der Waals surface area contributed by atoms with Gasteiger partial charge < -0.3 is 5.32 Å². The van der Waals surface area contributed by atoms with Gasteiger partial charge in [-0.05, 0) is 38.1 Å². The Morgan fingerprint density at radius 2 is 1.76 bits per heavy atom. The maximum absolute atomic E-state index is 11.4. The van der Waals surface area contributed by atoms with Crippen molar-refractivity contribution in [2.75, 3.05) is 18.6 Å². The molecule has 0 radical (unpaired) electrons. The molecule has 2 atom stereocenters. The molecule has 1 saturated heterocycles. The minimum atomic E-state index is -2.70. The lowest BCUT2D eigenvalue weighted by Gasteiger charge is -2.22. The molecule has 0 aromatic carbocycles. The van der Waals surface area contributed by atoms with Gasteiger partial charge >= 0.3 is 0 Å². The predicted molar refractivity (Wildman–Crippen MR) is 70.8 cm³/mol. The van der Waals surface area contributed by atoms with Crippen LogP contribution in [0.25, 0.3) is 0 Å². The van der Waals surface area contributed by atoms with Crippen LogP contribution in [0.15, 0.2) is 0 Å². The van der Waals surface area contributed by atoms with Crippen LogP contribution in [-0.2, 0) is 9.84 Å². The van der Waals surface area contributed by atoms with E-state index in [4.69, 9.17) is 0 Å². The lowest BCUT2D eigenvalue weighted by atomic mass is 9.91.